The summed E-state index contributed by atoms with van der Waals surface area (Å²) in [6.07, 6.45) is 1.84. The fourth-order valence-corrected chi connectivity index (χ4v) is 4.05. The molecule has 0 unspecified atom stereocenters. The summed E-state index contributed by atoms with van der Waals surface area (Å²) in [6.45, 7) is 14.2. The van der Waals surface area contributed by atoms with Crippen LogP contribution >= 0.6 is 11.3 Å². The van der Waals surface area contributed by atoms with E-state index in [1.807, 2.05) is 43.0 Å². The molecule has 31 heavy (non-hydrogen) atoms. The van der Waals surface area contributed by atoms with E-state index in [0.29, 0.717) is 18.2 Å². The van der Waals surface area contributed by atoms with Crippen molar-refractivity contribution in [2.45, 2.75) is 72.9 Å². The molecule has 1 aromatic heterocycles. The van der Waals surface area contributed by atoms with Crippen molar-refractivity contribution in [1.29, 1.82) is 0 Å². The van der Waals surface area contributed by atoms with Gasteiger partial charge in [0.15, 0.2) is 0 Å². The molecule has 0 aliphatic heterocycles. The van der Waals surface area contributed by atoms with E-state index in [-0.39, 0.29) is 18.0 Å². The Morgan fingerprint density at radius 1 is 1.03 bits per heavy atom. The van der Waals surface area contributed by atoms with Crippen LogP contribution < -0.4 is 5.32 Å². The number of thiazole rings is 1. The number of urea groups is 1. The highest BCUT2D eigenvalue weighted by atomic mass is 32.1. The number of anilines is 1. The molecule has 2 aromatic rings. The highest BCUT2D eigenvalue weighted by Crippen LogP contribution is 2.20. The second-order valence-corrected chi connectivity index (χ2v) is 9.29. The topological polar surface area (TPSA) is 65.5 Å². The minimum Gasteiger partial charge on any atom is -0.337 e. The number of rotatable bonds is 10. The van der Waals surface area contributed by atoms with Gasteiger partial charge in [-0.2, -0.15) is 0 Å². The van der Waals surface area contributed by atoms with Crippen molar-refractivity contribution in [3.8, 4) is 0 Å². The van der Waals surface area contributed by atoms with E-state index in [2.05, 4.69) is 38.0 Å². The fourth-order valence-electron chi connectivity index (χ4n) is 3.28. The highest BCUT2D eigenvalue weighted by molar-refractivity contribution is 7.09. The molecule has 7 heteroatoms. The largest absolute Gasteiger partial charge is 0.337 e. The van der Waals surface area contributed by atoms with E-state index < -0.39 is 0 Å². The second-order valence-electron chi connectivity index (χ2n) is 8.35. The van der Waals surface area contributed by atoms with Crippen molar-refractivity contribution in [2.75, 3.05) is 18.4 Å². The highest BCUT2D eigenvalue weighted by Gasteiger charge is 2.22. The van der Waals surface area contributed by atoms with Gasteiger partial charge in [0, 0.05) is 30.2 Å². The van der Waals surface area contributed by atoms with Gasteiger partial charge >= 0.3 is 6.03 Å². The van der Waals surface area contributed by atoms with Crippen molar-refractivity contribution >= 4 is 29.0 Å². The molecule has 1 aromatic carbocycles. The van der Waals surface area contributed by atoms with Gasteiger partial charge in [-0.25, -0.2) is 9.78 Å². The van der Waals surface area contributed by atoms with Gasteiger partial charge in [-0.05, 0) is 50.3 Å². The van der Waals surface area contributed by atoms with Crippen molar-refractivity contribution in [1.82, 2.24) is 14.8 Å². The normalized spacial score (nSPS) is 11.1. The van der Waals surface area contributed by atoms with Gasteiger partial charge in [0.25, 0.3) is 5.91 Å². The smallest absolute Gasteiger partial charge is 0.322 e. The van der Waals surface area contributed by atoms with Crippen molar-refractivity contribution in [2.24, 2.45) is 0 Å². The number of aromatic nitrogens is 1. The first kappa shape index (κ1) is 24.9. The lowest BCUT2D eigenvalue weighted by molar-refractivity contribution is 0.0750. The molecule has 0 saturated carbocycles. The van der Waals surface area contributed by atoms with Crippen LogP contribution in [0.1, 0.15) is 81.4 Å². The van der Waals surface area contributed by atoms with Crippen LogP contribution in [0.2, 0.25) is 0 Å². The Balaban J connectivity index is 2.07. The van der Waals surface area contributed by atoms with Crippen LogP contribution in [0.3, 0.4) is 0 Å². The second kappa shape index (κ2) is 11.8. The van der Waals surface area contributed by atoms with Gasteiger partial charge in [0.05, 0.1) is 6.54 Å². The zero-order valence-electron chi connectivity index (χ0n) is 19.6. The monoisotopic (exact) mass is 444 g/mol. The lowest BCUT2D eigenvalue weighted by Crippen LogP contribution is -2.39. The summed E-state index contributed by atoms with van der Waals surface area (Å²) in [5, 5.41) is 5.54. The van der Waals surface area contributed by atoms with Crippen LogP contribution in [-0.2, 0) is 6.54 Å². The van der Waals surface area contributed by atoms with E-state index in [9.17, 15) is 9.59 Å². The zero-order valence-corrected chi connectivity index (χ0v) is 20.5. The van der Waals surface area contributed by atoms with Crippen molar-refractivity contribution in [3.05, 3.63) is 45.9 Å². The van der Waals surface area contributed by atoms with Crippen LogP contribution in [0, 0.1) is 0 Å². The molecule has 2 rings (SSSR count). The minimum absolute atomic E-state index is 0.00494. The third-order valence-corrected chi connectivity index (χ3v) is 5.90. The van der Waals surface area contributed by atoms with Gasteiger partial charge in [-0.1, -0.05) is 39.8 Å². The molecule has 170 valence electrons. The van der Waals surface area contributed by atoms with E-state index in [1.54, 1.807) is 10.3 Å². The molecule has 1 heterocycles. The lowest BCUT2D eigenvalue weighted by atomic mass is 10.0. The van der Waals surface area contributed by atoms with Gasteiger partial charge in [0.2, 0.25) is 0 Å². The van der Waals surface area contributed by atoms with Gasteiger partial charge in [-0.3, -0.25) is 4.79 Å². The number of hydrogen-bond donors (Lipinski definition) is 1. The lowest BCUT2D eigenvalue weighted by Gasteiger charge is -2.26. The van der Waals surface area contributed by atoms with Crippen LogP contribution in [0.5, 0.6) is 0 Å². The predicted molar refractivity (Wildman–Crippen MR) is 129 cm³/mol. The molecule has 6 nitrogen and oxygen atoms in total. The number of amides is 3. The van der Waals surface area contributed by atoms with Gasteiger partial charge < -0.3 is 15.1 Å². The van der Waals surface area contributed by atoms with E-state index in [1.165, 1.54) is 16.9 Å². The Morgan fingerprint density at radius 3 is 2.16 bits per heavy atom. The third kappa shape index (κ3) is 7.06. The Morgan fingerprint density at radius 2 is 1.65 bits per heavy atom. The SMILES string of the molecule is CCCN(CCC)C(=O)c1csc(CN(C(=O)Nc2ccc(C(C)C)cc2)C(C)C)n1. The average molecular weight is 445 g/mol. The molecule has 0 atom stereocenters. The molecule has 0 bridgehead atoms. The van der Waals surface area contributed by atoms with Gasteiger partial charge in [0.1, 0.15) is 10.7 Å². The quantitative estimate of drug-likeness (QED) is 0.491. The molecule has 0 spiro atoms. The number of carbonyl (C=O) groups excluding carboxylic acids is 2. The maximum Gasteiger partial charge on any atom is 0.322 e. The number of benzene rings is 1. The summed E-state index contributed by atoms with van der Waals surface area (Å²) in [6, 6.07) is 7.77. The maximum absolute atomic E-state index is 12.9. The standard InChI is InChI=1S/C24H36N4O2S/c1-7-13-27(14-8-2)23(29)21-16-31-22(26-21)15-28(18(5)6)24(30)25-20-11-9-19(10-12-20)17(3)4/h9-12,16-18H,7-8,13-15H2,1-6H3,(H,25,30). The van der Waals surface area contributed by atoms with Crippen LogP contribution in [0.25, 0.3) is 0 Å². The number of carbonyl (C=O) groups is 2. The van der Waals surface area contributed by atoms with Crippen LogP contribution in [0.15, 0.2) is 29.6 Å². The molecular formula is C24H36N4O2S. The van der Waals surface area contributed by atoms with E-state index in [4.69, 9.17) is 0 Å². The Labute approximate surface area is 190 Å². The maximum atomic E-state index is 12.9. The molecular weight excluding hydrogens is 408 g/mol. The predicted octanol–water partition coefficient (Wildman–Crippen LogP) is 5.97. The van der Waals surface area contributed by atoms with E-state index in [0.717, 1.165) is 36.6 Å². The van der Waals surface area contributed by atoms with Crippen LogP contribution in [0.4, 0.5) is 10.5 Å². The summed E-state index contributed by atoms with van der Waals surface area (Å²) in [5.41, 5.74) is 2.47. The molecule has 0 saturated heterocycles. The van der Waals surface area contributed by atoms with Crippen molar-refractivity contribution in [3.63, 3.8) is 0 Å². The molecule has 1 N–H and O–H groups in total. The molecule has 3 amide bonds. The first-order chi connectivity index (χ1) is 14.8. The molecule has 0 fully saturated rings. The molecule has 0 aliphatic rings. The molecule has 0 aliphatic carbocycles. The third-order valence-electron chi connectivity index (χ3n) is 5.06. The minimum atomic E-state index is -0.172. The van der Waals surface area contributed by atoms with Crippen LogP contribution in [-0.4, -0.2) is 45.9 Å². The first-order valence-corrected chi connectivity index (χ1v) is 12.1. The van der Waals surface area contributed by atoms with E-state index >= 15 is 0 Å². The van der Waals surface area contributed by atoms with Crippen molar-refractivity contribution < 1.29 is 9.59 Å². The summed E-state index contributed by atoms with van der Waals surface area (Å²) >= 11 is 1.43. The average Bonchev–Trinajstić information content (AvgIpc) is 3.20. The number of hydrogen-bond acceptors (Lipinski definition) is 4. The number of nitrogens with one attached hydrogen (secondary N) is 1. The summed E-state index contributed by atoms with van der Waals surface area (Å²) < 4.78 is 0. The Kier molecular flexibility index (Phi) is 9.49. The Hall–Kier alpha value is -2.41. The summed E-state index contributed by atoms with van der Waals surface area (Å²) in [4.78, 5) is 33.8. The Bertz CT molecular complexity index is 840. The summed E-state index contributed by atoms with van der Waals surface area (Å²) in [7, 11) is 0. The van der Waals surface area contributed by atoms with Gasteiger partial charge in [-0.15, -0.1) is 11.3 Å². The zero-order chi connectivity index (χ0) is 23.0. The summed E-state index contributed by atoms with van der Waals surface area (Å²) in [5.74, 6) is 0.418. The fraction of sp³-hybridized carbons (Fsp3) is 0.542. The first-order valence-electron chi connectivity index (χ1n) is 11.2. The number of nitrogens with zero attached hydrogens (tertiary/aromatic N) is 3. The molecule has 0 radical (unpaired) electrons.